The third-order valence-corrected chi connectivity index (χ3v) is 2.74. The van der Waals surface area contributed by atoms with E-state index in [4.69, 9.17) is 0 Å². The summed E-state index contributed by atoms with van der Waals surface area (Å²) in [5, 5.41) is 9.63. The Bertz CT molecular complexity index is 288. The maximum atomic E-state index is 13.0. The van der Waals surface area contributed by atoms with E-state index in [1.54, 1.807) is 12.1 Å². The first-order valence-corrected chi connectivity index (χ1v) is 5.08. The van der Waals surface area contributed by atoms with Crippen LogP contribution in [0.3, 0.4) is 0 Å². The molecule has 0 spiro atoms. The molecule has 0 bridgehead atoms. The molecule has 0 amide bonds. The minimum atomic E-state index is -0.574. The number of benzene rings is 1. The summed E-state index contributed by atoms with van der Waals surface area (Å²) in [5.74, 6) is -0.326. The Morgan fingerprint density at radius 3 is 2.85 bits per heavy atom. The minimum absolute atomic E-state index is 0.326. The lowest BCUT2D eigenvalue weighted by atomic mass is 10.1. The van der Waals surface area contributed by atoms with Gasteiger partial charge < -0.3 is 5.11 Å². The van der Waals surface area contributed by atoms with Crippen LogP contribution < -0.4 is 0 Å². The molecule has 0 fully saturated rings. The topological polar surface area (TPSA) is 20.2 Å². The quantitative estimate of drug-likeness (QED) is 0.867. The van der Waals surface area contributed by atoms with Gasteiger partial charge in [0.15, 0.2) is 0 Å². The normalized spacial score (nSPS) is 12.9. The smallest absolute Gasteiger partial charge is 0.137 e. The molecule has 0 aliphatic rings. The van der Waals surface area contributed by atoms with Crippen LogP contribution in [0.5, 0.6) is 0 Å². The first-order chi connectivity index (χ1) is 6.16. The SMILES string of the molecule is CCC[C@@H](O)c1cccc(F)c1Br. The van der Waals surface area contributed by atoms with Crippen molar-refractivity contribution in [2.45, 2.75) is 25.9 Å². The van der Waals surface area contributed by atoms with Crippen LogP contribution in [0, 0.1) is 5.82 Å². The maximum Gasteiger partial charge on any atom is 0.137 e. The summed E-state index contributed by atoms with van der Waals surface area (Å²) in [4.78, 5) is 0. The molecule has 1 N–H and O–H groups in total. The van der Waals surface area contributed by atoms with Gasteiger partial charge in [-0.1, -0.05) is 25.5 Å². The highest BCUT2D eigenvalue weighted by atomic mass is 79.9. The zero-order valence-corrected chi connectivity index (χ0v) is 9.01. The molecule has 3 heteroatoms. The molecule has 0 aliphatic carbocycles. The van der Waals surface area contributed by atoms with Crippen LogP contribution in [0.25, 0.3) is 0 Å². The molecule has 1 aromatic carbocycles. The highest BCUT2D eigenvalue weighted by Gasteiger charge is 2.12. The van der Waals surface area contributed by atoms with Crippen molar-refractivity contribution in [3.63, 3.8) is 0 Å². The monoisotopic (exact) mass is 246 g/mol. The van der Waals surface area contributed by atoms with Gasteiger partial charge in [0.2, 0.25) is 0 Å². The van der Waals surface area contributed by atoms with Crippen LogP contribution in [0.1, 0.15) is 31.4 Å². The molecule has 1 nitrogen and oxygen atoms in total. The van der Waals surface area contributed by atoms with E-state index < -0.39 is 6.10 Å². The van der Waals surface area contributed by atoms with Crippen molar-refractivity contribution in [2.75, 3.05) is 0 Å². The van der Waals surface area contributed by atoms with E-state index in [0.29, 0.717) is 16.5 Å². The number of hydrogen-bond acceptors (Lipinski definition) is 1. The van der Waals surface area contributed by atoms with Crippen molar-refractivity contribution in [3.8, 4) is 0 Å². The third kappa shape index (κ3) is 2.51. The van der Waals surface area contributed by atoms with E-state index in [-0.39, 0.29) is 5.82 Å². The van der Waals surface area contributed by atoms with Gasteiger partial charge in [0, 0.05) is 0 Å². The second-order valence-corrected chi connectivity index (χ2v) is 3.74. The second-order valence-electron chi connectivity index (χ2n) is 2.95. The Kier molecular flexibility index (Phi) is 3.88. The Morgan fingerprint density at radius 1 is 1.54 bits per heavy atom. The third-order valence-electron chi connectivity index (χ3n) is 1.90. The van der Waals surface area contributed by atoms with Gasteiger partial charge in [-0.05, 0) is 34.0 Å². The second kappa shape index (κ2) is 4.72. The highest BCUT2D eigenvalue weighted by molar-refractivity contribution is 9.10. The molecule has 0 saturated carbocycles. The lowest BCUT2D eigenvalue weighted by Gasteiger charge is -2.11. The van der Waals surface area contributed by atoms with Crippen LogP contribution in [0.15, 0.2) is 22.7 Å². The van der Waals surface area contributed by atoms with Crippen molar-refractivity contribution >= 4 is 15.9 Å². The van der Waals surface area contributed by atoms with Crippen molar-refractivity contribution in [1.82, 2.24) is 0 Å². The van der Waals surface area contributed by atoms with Gasteiger partial charge in [0.1, 0.15) is 5.82 Å². The van der Waals surface area contributed by atoms with E-state index in [0.717, 1.165) is 6.42 Å². The highest BCUT2D eigenvalue weighted by Crippen LogP contribution is 2.28. The fraction of sp³-hybridized carbons (Fsp3) is 0.400. The Hall–Kier alpha value is -0.410. The molecule has 1 aromatic rings. The zero-order chi connectivity index (χ0) is 9.84. The molecule has 72 valence electrons. The molecule has 0 unspecified atom stereocenters. The van der Waals surface area contributed by atoms with Gasteiger partial charge in [-0.25, -0.2) is 4.39 Å². The van der Waals surface area contributed by atoms with Crippen LogP contribution in [-0.2, 0) is 0 Å². The van der Waals surface area contributed by atoms with Gasteiger partial charge in [-0.15, -0.1) is 0 Å². The molecular weight excluding hydrogens is 235 g/mol. The Labute approximate surface area is 85.7 Å². The summed E-state index contributed by atoms with van der Waals surface area (Å²) >= 11 is 3.12. The molecule has 0 aliphatic heterocycles. The van der Waals surface area contributed by atoms with E-state index in [9.17, 15) is 9.50 Å². The molecule has 0 saturated heterocycles. The predicted molar refractivity (Wildman–Crippen MR) is 54.0 cm³/mol. The summed E-state index contributed by atoms with van der Waals surface area (Å²) in [6.45, 7) is 1.98. The fourth-order valence-electron chi connectivity index (χ4n) is 1.21. The average Bonchev–Trinajstić information content (AvgIpc) is 2.10. The summed E-state index contributed by atoms with van der Waals surface area (Å²) in [6, 6.07) is 4.70. The number of hydrogen-bond donors (Lipinski definition) is 1. The van der Waals surface area contributed by atoms with E-state index in [1.807, 2.05) is 6.92 Å². The molecule has 0 radical (unpaired) electrons. The predicted octanol–water partition coefficient (Wildman–Crippen LogP) is 3.42. The summed E-state index contributed by atoms with van der Waals surface area (Å²) in [6.07, 6.45) is 0.960. The Morgan fingerprint density at radius 2 is 2.23 bits per heavy atom. The van der Waals surface area contributed by atoms with Gasteiger partial charge >= 0.3 is 0 Å². The molecule has 0 aromatic heterocycles. The van der Waals surface area contributed by atoms with Crippen LogP contribution in [0.2, 0.25) is 0 Å². The van der Waals surface area contributed by atoms with Crippen LogP contribution in [-0.4, -0.2) is 5.11 Å². The fourth-order valence-corrected chi connectivity index (χ4v) is 1.74. The molecule has 1 atom stereocenters. The minimum Gasteiger partial charge on any atom is -0.388 e. The van der Waals surface area contributed by atoms with Gasteiger partial charge in [0.25, 0.3) is 0 Å². The summed E-state index contributed by atoms with van der Waals surface area (Å²) in [7, 11) is 0. The summed E-state index contributed by atoms with van der Waals surface area (Å²) < 4.78 is 13.4. The average molecular weight is 247 g/mol. The molecule has 13 heavy (non-hydrogen) atoms. The first kappa shape index (κ1) is 10.7. The van der Waals surface area contributed by atoms with Crippen molar-refractivity contribution in [3.05, 3.63) is 34.1 Å². The maximum absolute atomic E-state index is 13.0. The van der Waals surface area contributed by atoms with Crippen LogP contribution >= 0.6 is 15.9 Å². The zero-order valence-electron chi connectivity index (χ0n) is 7.43. The van der Waals surface area contributed by atoms with E-state index in [1.165, 1.54) is 6.07 Å². The summed E-state index contributed by atoms with van der Waals surface area (Å²) in [5.41, 5.74) is 0.627. The van der Waals surface area contributed by atoms with Crippen LogP contribution in [0.4, 0.5) is 4.39 Å². The molecule has 0 heterocycles. The van der Waals surface area contributed by atoms with E-state index in [2.05, 4.69) is 15.9 Å². The van der Waals surface area contributed by atoms with Crippen molar-refractivity contribution in [2.24, 2.45) is 0 Å². The Balaban J connectivity index is 2.93. The lowest BCUT2D eigenvalue weighted by Crippen LogP contribution is -1.98. The number of halogens is 2. The largest absolute Gasteiger partial charge is 0.388 e. The van der Waals surface area contributed by atoms with Gasteiger partial charge in [0.05, 0.1) is 10.6 Å². The molecular formula is C10H12BrFO. The molecule has 1 rings (SSSR count). The lowest BCUT2D eigenvalue weighted by molar-refractivity contribution is 0.165. The first-order valence-electron chi connectivity index (χ1n) is 4.28. The van der Waals surface area contributed by atoms with Gasteiger partial charge in [-0.3, -0.25) is 0 Å². The number of aliphatic hydroxyl groups excluding tert-OH is 1. The number of rotatable bonds is 3. The van der Waals surface area contributed by atoms with E-state index >= 15 is 0 Å². The van der Waals surface area contributed by atoms with Crippen molar-refractivity contribution < 1.29 is 9.50 Å². The standard InChI is InChI=1S/C10H12BrFO/c1-2-4-9(13)7-5-3-6-8(12)10(7)11/h3,5-6,9,13H,2,4H2,1H3/t9-/m1/s1. The van der Waals surface area contributed by atoms with Crippen molar-refractivity contribution in [1.29, 1.82) is 0 Å². The number of aliphatic hydroxyl groups is 1. The van der Waals surface area contributed by atoms with Gasteiger partial charge in [-0.2, -0.15) is 0 Å².